The van der Waals surface area contributed by atoms with Gasteiger partial charge in [0.05, 0.1) is 4.92 Å². The number of benzene rings is 1. The van der Waals surface area contributed by atoms with Gasteiger partial charge < -0.3 is 10.6 Å². The van der Waals surface area contributed by atoms with E-state index in [9.17, 15) is 14.9 Å². The second kappa shape index (κ2) is 5.40. The van der Waals surface area contributed by atoms with Crippen molar-refractivity contribution in [3.63, 3.8) is 0 Å². The molecule has 1 heterocycles. The number of anilines is 2. The van der Waals surface area contributed by atoms with Crippen molar-refractivity contribution >= 4 is 33.8 Å². The Morgan fingerprint density at radius 1 is 1.32 bits per heavy atom. The molecule has 0 spiro atoms. The zero-order valence-corrected chi connectivity index (χ0v) is 10.6. The number of carbonyl (C=O) groups is 1. The van der Waals surface area contributed by atoms with Crippen molar-refractivity contribution in [1.29, 1.82) is 0 Å². The lowest BCUT2D eigenvalue weighted by molar-refractivity contribution is -0.384. The molecule has 0 aliphatic rings. The van der Waals surface area contributed by atoms with Gasteiger partial charge in [0.1, 0.15) is 0 Å². The molecule has 0 radical (unpaired) electrons. The third kappa shape index (κ3) is 3.01. The molecule has 2 rings (SSSR count). The SMILES string of the molecule is CNc1nnc(C(=O)Nc2ccc([N+](=O)[O-])cc2)s1. The molecular weight excluding hydrogens is 270 g/mol. The van der Waals surface area contributed by atoms with Gasteiger partial charge in [0.2, 0.25) is 10.1 Å². The Balaban J connectivity index is 2.08. The molecule has 9 heteroatoms. The van der Waals surface area contributed by atoms with E-state index in [-0.39, 0.29) is 10.7 Å². The maximum atomic E-state index is 11.8. The van der Waals surface area contributed by atoms with Gasteiger partial charge in [-0.2, -0.15) is 0 Å². The third-order valence-corrected chi connectivity index (χ3v) is 3.11. The highest BCUT2D eigenvalue weighted by Gasteiger charge is 2.13. The zero-order valence-electron chi connectivity index (χ0n) is 9.78. The summed E-state index contributed by atoms with van der Waals surface area (Å²) < 4.78 is 0. The van der Waals surface area contributed by atoms with Crippen LogP contribution in [0, 0.1) is 10.1 Å². The number of non-ortho nitro benzene ring substituents is 1. The average molecular weight is 279 g/mol. The molecule has 1 amide bonds. The maximum absolute atomic E-state index is 11.8. The van der Waals surface area contributed by atoms with Gasteiger partial charge in [-0.25, -0.2) is 0 Å². The molecule has 0 unspecified atom stereocenters. The van der Waals surface area contributed by atoms with Gasteiger partial charge in [-0.1, -0.05) is 11.3 Å². The van der Waals surface area contributed by atoms with Crippen molar-refractivity contribution in [2.45, 2.75) is 0 Å². The van der Waals surface area contributed by atoms with Crippen molar-refractivity contribution < 1.29 is 9.72 Å². The fraction of sp³-hybridized carbons (Fsp3) is 0.100. The minimum absolute atomic E-state index is 0.0358. The van der Waals surface area contributed by atoms with E-state index >= 15 is 0 Å². The lowest BCUT2D eigenvalue weighted by atomic mass is 10.3. The fourth-order valence-corrected chi connectivity index (χ4v) is 1.86. The number of rotatable bonds is 4. The highest BCUT2D eigenvalue weighted by molar-refractivity contribution is 7.17. The van der Waals surface area contributed by atoms with E-state index in [1.165, 1.54) is 24.3 Å². The van der Waals surface area contributed by atoms with Crippen LogP contribution in [-0.2, 0) is 0 Å². The summed E-state index contributed by atoms with van der Waals surface area (Å²) in [6.45, 7) is 0. The summed E-state index contributed by atoms with van der Waals surface area (Å²) in [5.41, 5.74) is 0.420. The number of carbonyl (C=O) groups excluding carboxylic acids is 1. The van der Waals surface area contributed by atoms with Gasteiger partial charge in [0.15, 0.2) is 0 Å². The van der Waals surface area contributed by atoms with Gasteiger partial charge in [-0.15, -0.1) is 10.2 Å². The number of nitrogens with zero attached hydrogens (tertiary/aromatic N) is 3. The summed E-state index contributed by atoms with van der Waals surface area (Å²) in [6.07, 6.45) is 0. The lowest BCUT2D eigenvalue weighted by Crippen LogP contribution is -2.11. The number of aromatic nitrogens is 2. The smallest absolute Gasteiger partial charge is 0.286 e. The largest absolute Gasteiger partial charge is 0.363 e. The van der Waals surface area contributed by atoms with Crippen LogP contribution >= 0.6 is 11.3 Å². The normalized spacial score (nSPS) is 9.95. The standard InChI is InChI=1S/C10H9N5O3S/c1-11-10-14-13-9(19-10)8(16)12-6-2-4-7(5-3-6)15(17)18/h2-5H,1H3,(H,11,14)(H,12,16). The van der Waals surface area contributed by atoms with Gasteiger partial charge >= 0.3 is 0 Å². The predicted octanol–water partition coefficient (Wildman–Crippen LogP) is 1.74. The van der Waals surface area contributed by atoms with Crippen LogP contribution in [0.15, 0.2) is 24.3 Å². The van der Waals surface area contributed by atoms with Crippen LogP contribution in [0.5, 0.6) is 0 Å². The molecule has 8 nitrogen and oxygen atoms in total. The number of nitrogens with one attached hydrogen (secondary N) is 2. The van der Waals surface area contributed by atoms with Gasteiger partial charge in [0.25, 0.3) is 11.6 Å². The average Bonchev–Trinajstić information content (AvgIpc) is 2.88. The van der Waals surface area contributed by atoms with Crippen LogP contribution < -0.4 is 10.6 Å². The molecular formula is C10H9N5O3S. The van der Waals surface area contributed by atoms with E-state index in [0.717, 1.165) is 11.3 Å². The molecule has 0 fully saturated rings. The Morgan fingerprint density at radius 3 is 2.53 bits per heavy atom. The van der Waals surface area contributed by atoms with Gasteiger partial charge in [-0.05, 0) is 12.1 Å². The van der Waals surface area contributed by atoms with Crippen LogP contribution in [0.2, 0.25) is 0 Å². The highest BCUT2D eigenvalue weighted by Crippen LogP contribution is 2.18. The summed E-state index contributed by atoms with van der Waals surface area (Å²) in [4.78, 5) is 21.8. The number of nitro benzene ring substituents is 1. The number of nitro groups is 1. The van der Waals surface area contributed by atoms with Crippen LogP contribution in [-0.4, -0.2) is 28.1 Å². The van der Waals surface area contributed by atoms with Crippen molar-refractivity contribution in [1.82, 2.24) is 10.2 Å². The summed E-state index contributed by atoms with van der Waals surface area (Å²) in [7, 11) is 1.68. The molecule has 2 N–H and O–H groups in total. The van der Waals surface area contributed by atoms with Gasteiger partial charge in [0, 0.05) is 24.9 Å². The molecule has 0 saturated heterocycles. The quantitative estimate of drug-likeness (QED) is 0.651. The summed E-state index contributed by atoms with van der Waals surface area (Å²) in [5, 5.41) is 24.0. The van der Waals surface area contributed by atoms with Crippen molar-refractivity contribution in [2.75, 3.05) is 17.7 Å². The number of hydrogen-bond donors (Lipinski definition) is 2. The van der Waals surface area contributed by atoms with E-state index in [1.807, 2.05) is 0 Å². The second-order valence-electron chi connectivity index (χ2n) is 3.42. The fourth-order valence-electron chi connectivity index (χ4n) is 1.27. The molecule has 19 heavy (non-hydrogen) atoms. The Labute approximate surface area is 111 Å². The van der Waals surface area contributed by atoms with E-state index < -0.39 is 10.8 Å². The van der Waals surface area contributed by atoms with Gasteiger partial charge in [-0.3, -0.25) is 14.9 Å². The molecule has 0 aliphatic carbocycles. The summed E-state index contributed by atoms with van der Waals surface area (Å²) in [6, 6.07) is 5.54. The van der Waals surface area contributed by atoms with Crippen molar-refractivity contribution in [2.24, 2.45) is 0 Å². The Morgan fingerprint density at radius 2 is 2.00 bits per heavy atom. The second-order valence-corrected chi connectivity index (χ2v) is 4.40. The van der Waals surface area contributed by atoms with E-state index in [2.05, 4.69) is 20.8 Å². The minimum atomic E-state index is -0.504. The Hall–Kier alpha value is -2.55. The molecule has 1 aromatic carbocycles. The third-order valence-electron chi connectivity index (χ3n) is 2.17. The minimum Gasteiger partial charge on any atom is -0.363 e. The van der Waals surface area contributed by atoms with Crippen LogP contribution in [0.4, 0.5) is 16.5 Å². The molecule has 98 valence electrons. The first-order chi connectivity index (χ1) is 9.10. The van der Waals surface area contributed by atoms with E-state index in [4.69, 9.17) is 0 Å². The first-order valence-corrected chi connectivity index (χ1v) is 5.99. The Bertz CT molecular complexity index is 610. The first kappa shape index (κ1) is 12.9. The first-order valence-electron chi connectivity index (χ1n) is 5.17. The number of hydrogen-bond acceptors (Lipinski definition) is 7. The zero-order chi connectivity index (χ0) is 13.8. The summed E-state index contributed by atoms with van der Waals surface area (Å²) >= 11 is 1.11. The molecule has 0 bridgehead atoms. The molecule has 0 saturated carbocycles. The predicted molar refractivity (Wildman–Crippen MR) is 70.5 cm³/mol. The van der Waals surface area contributed by atoms with Crippen LogP contribution in [0.3, 0.4) is 0 Å². The van der Waals surface area contributed by atoms with Crippen LogP contribution in [0.1, 0.15) is 9.80 Å². The number of amides is 1. The van der Waals surface area contributed by atoms with Crippen molar-refractivity contribution in [3.8, 4) is 0 Å². The van der Waals surface area contributed by atoms with Crippen LogP contribution in [0.25, 0.3) is 0 Å². The lowest BCUT2D eigenvalue weighted by Gasteiger charge is -2.01. The molecule has 2 aromatic rings. The molecule has 1 aromatic heterocycles. The molecule has 0 atom stereocenters. The monoisotopic (exact) mass is 279 g/mol. The Kier molecular flexibility index (Phi) is 3.66. The van der Waals surface area contributed by atoms with E-state index in [0.29, 0.717) is 10.8 Å². The highest BCUT2D eigenvalue weighted by atomic mass is 32.1. The topological polar surface area (TPSA) is 110 Å². The van der Waals surface area contributed by atoms with E-state index in [1.54, 1.807) is 7.05 Å². The van der Waals surface area contributed by atoms with Crippen molar-refractivity contribution in [3.05, 3.63) is 39.4 Å². The molecule has 0 aliphatic heterocycles. The maximum Gasteiger partial charge on any atom is 0.286 e. The summed E-state index contributed by atoms with van der Waals surface area (Å²) in [5.74, 6) is -0.409.